The van der Waals surface area contributed by atoms with E-state index in [0.29, 0.717) is 6.04 Å². The highest BCUT2D eigenvalue weighted by molar-refractivity contribution is 5.82. The van der Waals surface area contributed by atoms with Gasteiger partial charge in [-0.25, -0.2) is 4.98 Å². The molecule has 0 saturated heterocycles. The maximum Gasteiger partial charge on any atom is 0.133 e. The van der Waals surface area contributed by atoms with Gasteiger partial charge in [0.15, 0.2) is 0 Å². The maximum atomic E-state index is 4.83. The van der Waals surface area contributed by atoms with Gasteiger partial charge >= 0.3 is 0 Å². The smallest absolute Gasteiger partial charge is 0.133 e. The predicted octanol–water partition coefficient (Wildman–Crippen LogP) is 4.32. The molecule has 2 aromatic carbocycles. The van der Waals surface area contributed by atoms with Crippen LogP contribution in [-0.4, -0.2) is 11.0 Å². The Morgan fingerprint density at radius 2 is 1.75 bits per heavy atom. The maximum absolute atomic E-state index is 4.83. The van der Waals surface area contributed by atoms with Crippen LogP contribution in [0.15, 0.2) is 60.7 Å². The van der Waals surface area contributed by atoms with E-state index in [4.69, 9.17) is 4.98 Å². The molecule has 1 aliphatic rings. The molecule has 0 fully saturated rings. The summed E-state index contributed by atoms with van der Waals surface area (Å²) in [6.45, 7) is 2.26. The van der Waals surface area contributed by atoms with Crippen molar-refractivity contribution >= 4 is 22.4 Å². The zero-order chi connectivity index (χ0) is 13.5. The van der Waals surface area contributed by atoms with Crippen molar-refractivity contribution in [3.63, 3.8) is 0 Å². The van der Waals surface area contributed by atoms with Gasteiger partial charge in [-0.05, 0) is 43.2 Å². The fourth-order valence-electron chi connectivity index (χ4n) is 3.10. The Hall–Kier alpha value is -2.35. The van der Waals surface area contributed by atoms with Crippen LogP contribution in [0, 0.1) is 0 Å². The van der Waals surface area contributed by atoms with E-state index in [2.05, 4.69) is 66.4 Å². The van der Waals surface area contributed by atoms with E-state index in [1.54, 1.807) is 0 Å². The van der Waals surface area contributed by atoms with E-state index < -0.39 is 0 Å². The summed E-state index contributed by atoms with van der Waals surface area (Å²) in [5, 5.41) is 1.19. The van der Waals surface area contributed by atoms with Gasteiger partial charge in [-0.1, -0.05) is 36.4 Å². The van der Waals surface area contributed by atoms with Crippen molar-refractivity contribution in [2.45, 2.75) is 19.4 Å². The minimum Gasteiger partial charge on any atom is -0.323 e. The second-order valence-electron chi connectivity index (χ2n) is 5.41. The number of hydrogen-bond acceptors (Lipinski definition) is 2. The van der Waals surface area contributed by atoms with Crippen molar-refractivity contribution < 1.29 is 0 Å². The summed E-state index contributed by atoms with van der Waals surface area (Å²) in [5.74, 6) is 1.04. The second-order valence-corrected chi connectivity index (χ2v) is 5.41. The summed E-state index contributed by atoms with van der Waals surface area (Å²) in [6, 6.07) is 21.6. The number of benzene rings is 2. The van der Waals surface area contributed by atoms with Gasteiger partial charge < -0.3 is 4.90 Å². The lowest BCUT2D eigenvalue weighted by Gasteiger charge is -2.24. The molecular weight excluding hydrogens is 244 g/mol. The van der Waals surface area contributed by atoms with Crippen LogP contribution in [0.25, 0.3) is 10.9 Å². The third kappa shape index (κ3) is 1.68. The SMILES string of the molecule is C[C@H]1Cc2ccccc2N1c1ccc2ccccc2n1. The molecule has 4 rings (SSSR count). The zero-order valence-corrected chi connectivity index (χ0v) is 11.5. The van der Waals surface area contributed by atoms with E-state index in [1.807, 2.05) is 6.07 Å². The van der Waals surface area contributed by atoms with Gasteiger partial charge in [0, 0.05) is 17.1 Å². The number of nitrogens with zero attached hydrogens (tertiary/aromatic N) is 2. The zero-order valence-electron chi connectivity index (χ0n) is 11.5. The molecule has 2 heterocycles. The van der Waals surface area contributed by atoms with Crippen LogP contribution in [-0.2, 0) is 6.42 Å². The Balaban J connectivity index is 1.86. The lowest BCUT2D eigenvalue weighted by Crippen LogP contribution is -2.24. The van der Waals surface area contributed by atoms with Crippen LogP contribution < -0.4 is 4.90 Å². The van der Waals surface area contributed by atoms with Crippen LogP contribution in [0.2, 0.25) is 0 Å². The van der Waals surface area contributed by atoms with Crippen molar-refractivity contribution in [1.82, 2.24) is 4.98 Å². The highest BCUT2D eigenvalue weighted by Crippen LogP contribution is 2.37. The van der Waals surface area contributed by atoms with Gasteiger partial charge in [0.05, 0.1) is 5.52 Å². The molecule has 20 heavy (non-hydrogen) atoms. The summed E-state index contributed by atoms with van der Waals surface area (Å²) in [5.41, 5.74) is 3.76. The van der Waals surface area contributed by atoms with Crippen LogP contribution in [0.4, 0.5) is 11.5 Å². The number of fused-ring (bicyclic) bond motifs is 2. The van der Waals surface area contributed by atoms with Crippen LogP contribution in [0.3, 0.4) is 0 Å². The fraction of sp³-hybridized carbons (Fsp3) is 0.167. The summed E-state index contributed by atoms with van der Waals surface area (Å²) in [4.78, 5) is 7.18. The minimum absolute atomic E-state index is 0.459. The largest absolute Gasteiger partial charge is 0.323 e. The molecule has 98 valence electrons. The number of hydrogen-bond donors (Lipinski definition) is 0. The molecular formula is C18H16N2. The first kappa shape index (κ1) is 11.5. The van der Waals surface area contributed by atoms with Gasteiger partial charge in [0.2, 0.25) is 0 Å². The van der Waals surface area contributed by atoms with Crippen molar-refractivity contribution in [2.75, 3.05) is 4.90 Å². The van der Waals surface area contributed by atoms with Gasteiger partial charge in [-0.2, -0.15) is 0 Å². The molecule has 3 aromatic rings. The first-order valence-corrected chi connectivity index (χ1v) is 7.06. The lowest BCUT2D eigenvalue weighted by atomic mass is 10.1. The molecule has 1 aromatic heterocycles. The Morgan fingerprint density at radius 3 is 2.70 bits per heavy atom. The van der Waals surface area contributed by atoms with E-state index in [1.165, 1.54) is 16.6 Å². The lowest BCUT2D eigenvalue weighted by molar-refractivity contribution is 0.752. The quantitative estimate of drug-likeness (QED) is 0.648. The highest BCUT2D eigenvalue weighted by atomic mass is 15.2. The Bertz CT molecular complexity index is 779. The summed E-state index contributed by atoms with van der Waals surface area (Å²) < 4.78 is 0. The number of rotatable bonds is 1. The Labute approximate surface area is 118 Å². The molecule has 0 amide bonds. The van der Waals surface area contributed by atoms with Crippen LogP contribution in [0.5, 0.6) is 0 Å². The third-order valence-electron chi connectivity index (χ3n) is 4.04. The Kier molecular flexibility index (Phi) is 2.49. The average molecular weight is 260 g/mol. The minimum atomic E-state index is 0.459. The van der Waals surface area contributed by atoms with Crippen molar-refractivity contribution in [2.24, 2.45) is 0 Å². The van der Waals surface area contributed by atoms with Crippen LogP contribution >= 0.6 is 0 Å². The summed E-state index contributed by atoms with van der Waals surface area (Å²) in [7, 11) is 0. The number of aromatic nitrogens is 1. The van der Waals surface area contributed by atoms with Gasteiger partial charge in [0.25, 0.3) is 0 Å². The molecule has 2 nitrogen and oxygen atoms in total. The monoisotopic (exact) mass is 260 g/mol. The van der Waals surface area contributed by atoms with Crippen molar-refractivity contribution in [3.05, 3.63) is 66.2 Å². The molecule has 0 unspecified atom stereocenters. The molecule has 0 N–H and O–H groups in total. The standard InChI is InChI=1S/C18H16N2/c1-13-12-15-7-3-5-9-17(15)20(13)18-11-10-14-6-2-4-8-16(14)19-18/h2-11,13H,12H2,1H3/t13-/m0/s1. The third-order valence-corrected chi connectivity index (χ3v) is 4.04. The molecule has 0 radical (unpaired) electrons. The first-order chi connectivity index (χ1) is 9.83. The van der Waals surface area contributed by atoms with E-state index in [9.17, 15) is 0 Å². The van der Waals surface area contributed by atoms with Crippen molar-refractivity contribution in [3.8, 4) is 0 Å². The number of anilines is 2. The molecule has 1 atom stereocenters. The second kappa shape index (κ2) is 4.34. The summed E-state index contributed by atoms with van der Waals surface area (Å²) >= 11 is 0. The average Bonchev–Trinajstić information content (AvgIpc) is 2.82. The molecule has 0 bridgehead atoms. The molecule has 1 aliphatic heterocycles. The van der Waals surface area contributed by atoms with Gasteiger partial charge in [-0.3, -0.25) is 0 Å². The normalized spacial score (nSPS) is 17.4. The number of pyridine rings is 1. The van der Waals surface area contributed by atoms with E-state index in [-0.39, 0.29) is 0 Å². The Morgan fingerprint density at radius 1 is 0.950 bits per heavy atom. The fourth-order valence-corrected chi connectivity index (χ4v) is 3.10. The topological polar surface area (TPSA) is 16.1 Å². The molecule has 0 saturated carbocycles. The van der Waals surface area contributed by atoms with Gasteiger partial charge in [-0.15, -0.1) is 0 Å². The predicted molar refractivity (Wildman–Crippen MR) is 83.5 cm³/mol. The first-order valence-electron chi connectivity index (χ1n) is 7.06. The highest BCUT2D eigenvalue weighted by Gasteiger charge is 2.27. The van der Waals surface area contributed by atoms with Crippen molar-refractivity contribution in [1.29, 1.82) is 0 Å². The van der Waals surface area contributed by atoms with E-state index in [0.717, 1.165) is 17.8 Å². The van der Waals surface area contributed by atoms with E-state index >= 15 is 0 Å². The summed E-state index contributed by atoms with van der Waals surface area (Å²) in [6.07, 6.45) is 1.09. The molecule has 0 aliphatic carbocycles. The van der Waals surface area contributed by atoms with Gasteiger partial charge in [0.1, 0.15) is 5.82 Å². The van der Waals surface area contributed by atoms with Crippen LogP contribution in [0.1, 0.15) is 12.5 Å². The molecule has 0 spiro atoms. The number of para-hydroxylation sites is 2. The molecule has 2 heteroatoms.